The molecule has 10 heteroatoms. The monoisotopic (exact) mass is 521 g/mol. The maximum absolute atomic E-state index is 14.4. The smallest absolute Gasteiger partial charge is 0.407 e. The number of benzene rings is 1. The number of aromatic nitrogens is 1. The van der Waals surface area contributed by atoms with Crippen molar-refractivity contribution in [1.29, 1.82) is 0 Å². The highest BCUT2D eigenvalue weighted by atomic mass is 32.2. The maximum Gasteiger partial charge on any atom is 0.407 e. The van der Waals surface area contributed by atoms with E-state index in [1.54, 1.807) is 18.3 Å². The van der Waals surface area contributed by atoms with E-state index in [-0.39, 0.29) is 43.0 Å². The Balaban J connectivity index is 1.75. The zero-order valence-electron chi connectivity index (χ0n) is 21.5. The molecule has 2 atom stereocenters. The van der Waals surface area contributed by atoms with Crippen LogP contribution in [0.4, 0.5) is 15.0 Å². The lowest BCUT2D eigenvalue weighted by Gasteiger charge is -2.32. The van der Waals surface area contributed by atoms with E-state index in [4.69, 9.17) is 9.84 Å². The Hall–Kier alpha value is -2.88. The van der Waals surface area contributed by atoms with Gasteiger partial charge in [-0.05, 0) is 60.6 Å². The molecule has 198 valence electrons. The van der Waals surface area contributed by atoms with E-state index in [0.717, 1.165) is 16.0 Å². The SMILES string of the molecule is Cc1cc(C(C)C)cnc1N(CC(C)C)S(=O)(=O)c1ccc(OC[C@@H]2CCN(C(=O)O)C[C@@H]2F)cc1. The minimum absolute atomic E-state index is 0.0783. The van der Waals surface area contributed by atoms with Gasteiger partial charge in [-0.15, -0.1) is 0 Å². The summed E-state index contributed by atoms with van der Waals surface area (Å²) in [5.74, 6) is 0.774. The van der Waals surface area contributed by atoms with Crippen molar-refractivity contribution < 1.29 is 27.4 Å². The molecule has 8 nitrogen and oxygen atoms in total. The molecule has 1 aliphatic rings. The van der Waals surface area contributed by atoms with Gasteiger partial charge in [-0.1, -0.05) is 33.8 Å². The maximum atomic E-state index is 14.4. The topological polar surface area (TPSA) is 100 Å². The molecule has 1 N–H and O–H groups in total. The number of hydrogen-bond donors (Lipinski definition) is 1. The number of nitrogens with zero attached hydrogens (tertiary/aromatic N) is 3. The fourth-order valence-corrected chi connectivity index (χ4v) is 5.80. The molecule has 1 amide bonds. The average molecular weight is 522 g/mol. The molecule has 1 saturated heterocycles. The average Bonchev–Trinajstić information content (AvgIpc) is 2.81. The van der Waals surface area contributed by atoms with E-state index in [0.29, 0.717) is 18.0 Å². The summed E-state index contributed by atoms with van der Waals surface area (Å²) in [5.41, 5.74) is 1.84. The van der Waals surface area contributed by atoms with E-state index in [2.05, 4.69) is 18.8 Å². The van der Waals surface area contributed by atoms with Gasteiger partial charge < -0.3 is 14.7 Å². The quantitative estimate of drug-likeness (QED) is 0.494. The van der Waals surface area contributed by atoms with Crippen molar-refractivity contribution in [3.05, 3.63) is 47.7 Å². The number of carboxylic acid groups (broad SMARTS) is 1. The lowest BCUT2D eigenvalue weighted by atomic mass is 9.96. The minimum Gasteiger partial charge on any atom is -0.493 e. The molecule has 0 spiro atoms. The number of alkyl halides is 1. The highest BCUT2D eigenvalue weighted by Crippen LogP contribution is 2.29. The van der Waals surface area contributed by atoms with Gasteiger partial charge in [-0.25, -0.2) is 26.9 Å². The molecule has 1 aromatic carbocycles. The molecule has 36 heavy (non-hydrogen) atoms. The van der Waals surface area contributed by atoms with Gasteiger partial charge in [-0.2, -0.15) is 0 Å². The van der Waals surface area contributed by atoms with E-state index in [1.165, 1.54) is 16.4 Å². The number of amides is 1. The van der Waals surface area contributed by atoms with Gasteiger partial charge in [0.2, 0.25) is 0 Å². The minimum atomic E-state index is -3.89. The standard InChI is InChI=1S/C26H36FN3O5S/c1-17(2)14-30(25-19(5)12-21(13-28-25)18(3)4)36(33,34)23-8-6-22(7-9-23)35-16-20-10-11-29(26(31)32)15-24(20)27/h6-9,12-13,17-18,20,24H,10-11,14-16H2,1-5H3,(H,31,32)/t20-,24-/m0/s1. The largest absolute Gasteiger partial charge is 0.493 e. The number of aryl methyl sites for hydroxylation is 1. The lowest BCUT2D eigenvalue weighted by Crippen LogP contribution is -2.45. The van der Waals surface area contributed by atoms with E-state index in [9.17, 15) is 17.6 Å². The van der Waals surface area contributed by atoms with Gasteiger partial charge >= 0.3 is 6.09 Å². The molecule has 0 unspecified atom stereocenters. The van der Waals surface area contributed by atoms with E-state index >= 15 is 0 Å². The molecule has 0 bridgehead atoms. The zero-order valence-corrected chi connectivity index (χ0v) is 22.3. The Kier molecular flexibility index (Phi) is 8.81. The first-order valence-electron chi connectivity index (χ1n) is 12.2. The first kappa shape index (κ1) is 27.7. The van der Waals surface area contributed by atoms with Crippen LogP contribution >= 0.6 is 0 Å². The number of anilines is 1. The number of hydrogen-bond acceptors (Lipinski definition) is 5. The van der Waals surface area contributed by atoms with Gasteiger partial charge in [0.1, 0.15) is 17.7 Å². The van der Waals surface area contributed by atoms with Crippen molar-refractivity contribution in [2.24, 2.45) is 11.8 Å². The third-order valence-corrected chi connectivity index (χ3v) is 8.10. The Morgan fingerprint density at radius 1 is 1.25 bits per heavy atom. The van der Waals surface area contributed by atoms with Crippen molar-refractivity contribution >= 4 is 21.9 Å². The fourth-order valence-electron chi connectivity index (χ4n) is 4.15. The number of halogens is 1. The number of likely N-dealkylation sites (tertiary alicyclic amines) is 1. The molecule has 0 radical (unpaired) electrons. The summed E-state index contributed by atoms with van der Waals surface area (Å²) in [6.45, 7) is 10.4. The fraction of sp³-hybridized carbons (Fsp3) is 0.538. The third kappa shape index (κ3) is 6.46. The summed E-state index contributed by atoms with van der Waals surface area (Å²) < 4.78 is 48.7. The number of pyridine rings is 1. The van der Waals surface area contributed by atoms with Crippen LogP contribution in [0.1, 0.15) is 51.2 Å². The van der Waals surface area contributed by atoms with Crippen LogP contribution in [0.2, 0.25) is 0 Å². The predicted octanol–water partition coefficient (Wildman–Crippen LogP) is 5.08. The van der Waals surface area contributed by atoms with Crippen LogP contribution < -0.4 is 9.04 Å². The number of sulfonamides is 1. The molecule has 0 aliphatic carbocycles. The summed E-state index contributed by atoms with van der Waals surface area (Å²) >= 11 is 0. The normalized spacial score (nSPS) is 18.5. The molecule has 0 saturated carbocycles. The van der Waals surface area contributed by atoms with Crippen molar-refractivity contribution in [3.8, 4) is 5.75 Å². The molecule has 2 heterocycles. The van der Waals surface area contributed by atoms with Gasteiger partial charge in [0.25, 0.3) is 10.0 Å². The van der Waals surface area contributed by atoms with Crippen molar-refractivity contribution in [1.82, 2.24) is 9.88 Å². The van der Waals surface area contributed by atoms with Gasteiger partial charge in [0.05, 0.1) is 18.0 Å². The highest BCUT2D eigenvalue weighted by Gasteiger charge is 2.32. The van der Waals surface area contributed by atoms with Crippen LogP contribution in [0.5, 0.6) is 5.75 Å². The molecular weight excluding hydrogens is 485 g/mol. The van der Waals surface area contributed by atoms with Gasteiger partial charge in [0.15, 0.2) is 0 Å². The van der Waals surface area contributed by atoms with Crippen molar-refractivity contribution in [3.63, 3.8) is 0 Å². The Labute approximate surface area is 213 Å². The Bertz CT molecular complexity index is 1150. The summed E-state index contributed by atoms with van der Waals surface area (Å²) in [5, 5.41) is 9.02. The van der Waals surface area contributed by atoms with Crippen LogP contribution in [0.25, 0.3) is 0 Å². The first-order chi connectivity index (χ1) is 16.9. The van der Waals surface area contributed by atoms with Crippen LogP contribution in [-0.4, -0.2) is 61.9 Å². The van der Waals surface area contributed by atoms with Crippen LogP contribution in [0.3, 0.4) is 0 Å². The predicted molar refractivity (Wildman–Crippen MR) is 137 cm³/mol. The summed E-state index contributed by atoms with van der Waals surface area (Å²) in [6.07, 6.45) is -0.337. The summed E-state index contributed by atoms with van der Waals surface area (Å²) in [7, 11) is -3.89. The molecule has 1 aromatic heterocycles. The number of piperidine rings is 1. The van der Waals surface area contributed by atoms with Crippen LogP contribution in [-0.2, 0) is 10.0 Å². The van der Waals surface area contributed by atoms with Gasteiger partial charge in [-0.3, -0.25) is 0 Å². The second kappa shape index (κ2) is 11.5. The van der Waals surface area contributed by atoms with E-state index in [1.807, 2.05) is 26.8 Å². The zero-order chi connectivity index (χ0) is 26.6. The Morgan fingerprint density at radius 2 is 1.92 bits per heavy atom. The van der Waals surface area contributed by atoms with Crippen LogP contribution in [0, 0.1) is 18.8 Å². The number of carbonyl (C=O) groups is 1. The molecule has 3 rings (SSSR count). The third-order valence-electron chi connectivity index (χ3n) is 6.33. The number of ether oxygens (including phenoxy) is 1. The van der Waals surface area contributed by atoms with Crippen molar-refractivity contribution in [2.75, 3.05) is 30.5 Å². The molecule has 1 aliphatic heterocycles. The summed E-state index contributed by atoms with van der Waals surface area (Å²) in [6, 6.07) is 8.06. The summed E-state index contributed by atoms with van der Waals surface area (Å²) in [4.78, 5) is 16.7. The second-order valence-electron chi connectivity index (χ2n) is 10.1. The van der Waals surface area contributed by atoms with E-state index < -0.39 is 28.2 Å². The lowest BCUT2D eigenvalue weighted by molar-refractivity contribution is 0.0551. The second-order valence-corrected chi connectivity index (χ2v) is 11.9. The molecule has 1 fully saturated rings. The van der Waals surface area contributed by atoms with Crippen LogP contribution in [0.15, 0.2) is 41.4 Å². The highest BCUT2D eigenvalue weighted by molar-refractivity contribution is 7.92. The number of rotatable bonds is 9. The first-order valence-corrected chi connectivity index (χ1v) is 13.7. The molecular formula is C26H36FN3O5S. The Morgan fingerprint density at radius 3 is 2.44 bits per heavy atom. The van der Waals surface area contributed by atoms with Crippen molar-refractivity contribution in [2.45, 2.75) is 58.0 Å². The molecule has 2 aromatic rings. The van der Waals surface area contributed by atoms with Gasteiger partial charge in [0, 0.05) is 25.2 Å².